The van der Waals surface area contributed by atoms with Crippen LogP contribution in [0.4, 0.5) is 0 Å². The van der Waals surface area contributed by atoms with Gasteiger partial charge in [0.2, 0.25) is 0 Å². The van der Waals surface area contributed by atoms with E-state index in [4.69, 9.17) is 10.00 Å². The van der Waals surface area contributed by atoms with Gasteiger partial charge in [-0.25, -0.2) is 0 Å². The smallest absolute Gasteiger partial charge is 0.179 e. The Balaban J connectivity index is 2.82. The summed E-state index contributed by atoms with van der Waals surface area (Å²) in [6, 6.07) is 7.69. The van der Waals surface area contributed by atoms with Crippen LogP contribution in [-0.4, -0.2) is 19.1 Å². The van der Waals surface area contributed by atoms with Crippen molar-refractivity contribution in [1.29, 1.82) is 5.26 Å². The summed E-state index contributed by atoms with van der Waals surface area (Å²) in [5.41, 5.74) is 1.02. The molecule has 3 nitrogen and oxygen atoms in total. The van der Waals surface area contributed by atoms with E-state index in [-0.39, 0.29) is 0 Å². The molecular formula is C10H12N2O. The van der Waals surface area contributed by atoms with Crippen LogP contribution in [0, 0.1) is 11.5 Å². The third-order valence-electron chi connectivity index (χ3n) is 1.77. The largest absolute Gasteiger partial charge is 0.496 e. The molecule has 0 aliphatic heterocycles. The Hall–Kier alpha value is -1.69. The van der Waals surface area contributed by atoms with Crippen molar-refractivity contribution in [3.8, 4) is 11.9 Å². The standard InChI is InChI=1S/C10H12N2O/c1-12(8-11)7-9-5-3-4-6-10(9)13-2/h3-6H,7H2,1-2H3. The van der Waals surface area contributed by atoms with Crippen molar-refractivity contribution in [1.82, 2.24) is 4.90 Å². The summed E-state index contributed by atoms with van der Waals surface area (Å²) in [5, 5.41) is 8.59. The lowest BCUT2D eigenvalue weighted by Gasteiger charge is -2.11. The van der Waals surface area contributed by atoms with Crippen LogP contribution in [0.25, 0.3) is 0 Å². The van der Waals surface area contributed by atoms with Crippen LogP contribution >= 0.6 is 0 Å². The van der Waals surface area contributed by atoms with Crippen molar-refractivity contribution >= 4 is 0 Å². The van der Waals surface area contributed by atoms with Gasteiger partial charge < -0.3 is 9.64 Å². The minimum atomic E-state index is 0.584. The summed E-state index contributed by atoms with van der Waals surface area (Å²) in [6.07, 6.45) is 2.04. The molecule has 0 fully saturated rings. The van der Waals surface area contributed by atoms with Crippen LogP contribution in [-0.2, 0) is 6.54 Å². The second-order valence-electron chi connectivity index (χ2n) is 2.77. The van der Waals surface area contributed by atoms with Crippen molar-refractivity contribution in [3.63, 3.8) is 0 Å². The number of para-hydroxylation sites is 1. The lowest BCUT2D eigenvalue weighted by atomic mass is 10.2. The molecule has 0 aromatic heterocycles. The zero-order valence-electron chi connectivity index (χ0n) is 7.82. The van der Waals surface area contributed by atoms with Crippen molar-refractivity contribution < 1.29 is 4.74 Å². The molecule has 0 aliphatic rings. The Bertz CT molecular complexity index is 317. The Morgan fingerprint density at radius 3 is 2.77 bits per heavy atom. The molecule has 0 bridgehead atoms. The van der Waals surface area contributed by atoms with E-state index in [1.54, 1.807) is 19.1 Å². The molecule has 0 saturated carbocycles. The third-order valence-corrected chi connectivity index (χ3v) is 1.77. The van der Waals surface area contributed by atoms with Crippen LogP contribution < -0.4 is 4.74 Å². The first-order valence-corrected chi connectivity index (χ1v) is 4.00. The van der Waals surface area contributed by atoms with Gasteiger partial charge >= 0.3 is 0 Å². The van der Waals surface area contributed by atoms with Crippen molar-refractivity contribution in [2.75, 3.05) is 14.2 Å². The maximum absolute atomic E-state index is 8.59. The molecule has 68 valence electrons. The number of nitriles is 1. The van der Waals surface area contributed by atoms with Gasteiger partial charge in [0.05, 0.1) is 13.7 Å². The van der Waals surface area contributed by atoms with E-state index >= 15 is 0 Å². The molecule has 0 radical (unpaired) electrons. The second-order valence-corrected chi connectivity index (χ2v) is 2.77. The molecule has 3 heteroatoms. The number of rotatable bonds is 3. The maximum Gasteiger partial charge on any atom is 0.179 e. The third kappa shape index (κ3) is 2.38. The Morgan fingerprint density at radius 1 is 1.46 bits per heavy atom. The molecule has 1 aromatic rings. The normalized spacial score (nSPS) is 9.00. The van der Waals surface area contributed by atoms with Gasteiger partial charge in [0.15, 0.2) is 6.19 Å². The summed E-state index contributed by atoms with van der Waals surface area (Å²) in [6.45, 7) is 0.584. The molecule has 0 spiro atoms. The van der Waals surface area contributed by atoms with E-state index < -0.39 is 0 Å². The first kappa shape index (κ1) is 9.40. The fraction of sp³-hybridized carbons (Fsp3) is 0.300. The summed E-state index contributed by atoms with van der Waals surface area (Å²) in [4.78, 5) is 1.55. The molecule has 0 unspecified atom stereocenters. The molecule has 0 aliphatic carbocycles. The number of hydrogen-bond donors (Lipinski definition) is 0. The predicted octanol–water partition coefficient (Wildman–Crippen LogP) is 1.61. The van der Waals surface area contributed by atoms with Crippen molar-refractivity contribution in [2.24, 2.45) is 0 Å². The lowest BCUT2D eigenvalue weighted by Crippen LogP contribution is -2.10. The molecule has 13 heavy (non-hydrogen) atoms. The van der Waals surface area contributed by atoms with Crippen LogP contribution in [0.1, 0.15) is 5.56 Å². The molecule has 1 rings (SSSR count). The minimum Gasteiger partial charge on any atom is -0.496 e. The number of ether oxygens (including phenoxy) is 1. The zero-order valence-corrected chi connectivity index (χ0v) is 7.82. The van der Waals surface area contributed by atoms with E-state index in [2.05, 4.69) is 0 Å². The van der Waals surface area contributed by atoms with Crippen LogP contribution in [0.3, 0.4) is 0 Å². The summed E-state index contributed by atoms with van der Waals surface area (Å²) in [7, 11) is 3.37. The van der Waals surface area contributed by atoms with Crippen molar-refractivity contribution in [2.45, 2.75) is 6.54 Å². The van der Waals surface area contributed by atoms with E-state index in [1.807, 2.05) is 30.5 Å². The molecule has 0 N–H and O–H groups in total. The fourth-order valence-electron chi connectivity index (χ4n) is 1.12. The van der Waals surface area contributed by atoms with E-state index in [0.29, 0.717) is 6.54 Å². The summed E-state index contributed by atoms with van der Waals surface area (Å²) in [5.74, 6) is 0.824. The number of methoxy groups -OCH3 is 1. The highest BCUT2D eigenvalue weighted by Crippen LogP contribution is 2.18. The predicted molar refractivity (Wildman–Crippen MR) is 50.1 cm³/mol. The van der Waals surface area contributed by atoms with Gasteiger partial charge in [0, 0.05) is 12.6 Å². The highest BCUT2D eigenvalue weighted by Gasteiger charge is 2.02. The Morgan fingerprint density at radius 2 is 2.15 bits per heavy atom. The van der Waals surface area contributed by atoms with Crippen LogP contribution in [0.5, 0.6) is 5.75 Å². The van der Waals surface area contributed by atoms with Gasteiger partial charge in [-0.2, -0.15) is 5.26 Å². The Kier molecular flexibility index (Phi) is 3.15. The maximum atomic E-state index is 8.59. The monoisotopic (exact) mass is 176 g/mol. The van der Waals surface area contributed by atoms with Gasteiger partial charge in [0.1, 0.15) is 5.75 Å². The van der Waals surface area contributed by atoms with E-state index in [1.165, 1.54) is 0 Å². The summed E-state index contributed by atoms with van der Waals surface area (Å²) >= 11 is 0. The fourth-order valence-corrected chi connectivity index (χ4v) is 1.12. The van der Waals surface area contributed by atoms with Crippen LogP contribution in [0.2, 0.25) is 0 Å². The number of benzene rings is 1. The zero-order chi connectivity index (χ0) is 9.68. The molecule has 0 amide bonds. The van der Waals surface area contributed by atoms with Crippen molar-refractivity contribution in [3.05, 3.63) is 29.8 Å². The van der Waals surface area contributed by atoms with E-state index in [9.17, 15) is 0 Å². The number of hydrogen-bond acceptors (Lipinski definition) is 3. The quantitative estimate of drug-likeness (QED) is 0.518. The topological polar surface area (TPSA) is 36.3 Å². The first-order valence-electron chi connectivity index (χ1n) is 4.00. The minimum absolute atomic E-state index is 0.584. The SMILES string of the molecule is COc1ccccc1CN(C)C#N. The molecular weight excluding hydrogens is 164 g/mol. The highest BCUT2D eigenvalue weighted by molar-refractivity contribution is 5.33. The lowest BCUT2D eigenvalue weighted by molar-refractivity contribution is 0.394. The van der Waals surface area contributed by atoms with Gasteiger partial charge in [-0.15, -0.1) is 0 Å². The van der Waals surface area contributed by atoms with Gasteiger partial charge in [-0.3, -0.25) is 0 Å². The summed E-state index contributed by atoms with van der Waals surface area (Å²) < 4.78 is 5.15. The van der Waals surface area contributed by atoms with Gasteiger partial charge in [0.25, 0.3) is 0 Å². The molecule has 0 heterocycles. The van der Waals surface area contributed by atoms with Gasteiger partial charge in [-0.1, -0.05) is 18.2 Å². The molecule has 0 saturated heterocycles. The average molecular weight is 176 g/mol. The van der Waals surface area contributed by atoms with Gasteiger partial charge in [-0.05, 0) is 6.07 Å². The number of nitrogens with zero attached hydrogens (tertiary/aromatic N) is 2. The second kappa shape index (κ2) is 4.36. The average Bonchev–Trinajstić information content (AvgIpc) is 2.18. The molecule has 0 atom stereocenters. The van der Waals surface area contributed by atoms with E-state index in [0.717, 1.165) is 11.3 Å². The van der Waals surface area contributed by atoms with Crippen LogP contribution in [0.15, 0.2) is 24.3 Å². The highest BCUT2D eigenvalue weighted by atomic mass is 16.5. The Labute approximate surface area is 78.2 Å². The first-order chi connectivity index (χ1) is 6.27. The molecule has 1 aromatic carbocycles.